The lowest BCUT2D eigenvalue weighted by molar-refractivity contribution is -0.274. The van der Waals surface area contributed by atoms with Crippen LogP contribution in [0, 0.1) is 0 Å². The summed E-state index contributed by atoms with van der Waals surface area (Å²) in [5.41, 5.74) is 0.502. The van der Waals surface area contributed by atoms with Crippen molar-refractivity contribution in [3.63, 3.8) is 0 Å². The number of hydrogen-bond donors (Lipinski definition) is 1. The van der Waals surface area contributed by atoms with Crippen LogP contribution in [-0.4, -0.2) is 19.4 Å². The fourth-order valence-corrected chi connectivity index (χ4v) is 1.95. The maximum atomic E-state index is 12.1. The van der Waals surface area contributed by atoms with Crippen LogP contribution in [0.15, 0.2) is 42.5 Å². The van der Waals surface area contributed by atoms with E-state index in [0.717, 1.165) is 12.1 Å². The Balaban J connectivity index is 2.14. The van der Waals surface area contributed by atoms with Crippen molar-refractivity contribution < 1.29 is 27.4 Å². The first-order valence-corrected chi connectivity index (χ1v) is 6.67. The molecule has 1 N–H and O–H groups in total. The van der Waals surface area contributed by atoms with Crippen molar-refractivity contribution in [2.75, 3.05) is 12.4 Å². The molecule has 0 fully saturated rings. The quantitative estimate of drug-likeness (QED) is 0.887. The Bertz CT molecular complexity index is 702. The van der Waals surface area contributed by atoms with E-state index >= 15 is 0 Å². The molecular formula is C15H11ClF3NO3. The highest BCUT2D eigenvalue weighted by Gasteiger charge is 2.31. The molecule has 0 saturated heterocycles. The first kappa shape index (κ1) is 17.0. The molecule has 1 amide bonds. The molecule has 0 aliphatic rings. The minimum atomic E-state index is -4.78. The number of amides is 1. The van der Waals surface area contributed by atoms with Gasteiger partial charge in [0.25, 0.3) is 5.91 Å². The second-order valence-corrected chi connectivity index (χ2v) is 4.81. The Morgan fingerprint density at radius 1 is 1.13 bits per heavy atom. The molecule has 8 heteroatoms. The number of rotatable bonds is 4. The van der Waals surface area contributed by atoms with Gasteiger partial charge in [-0.1, -0.05) is 11.6 Å². The molecule has 0 aliphatic heterocycles. The number of alkyl halides is 3. The summed E-state index contributed by atoms with van der Waals surface area (Å²) in [4.78, 5) is 12.1. The van der Waals surface area contributed by atoms with Crippen LogP contribution in [0.25, 0.3) is 0 Å². The van der Waals surface area contributed by atoms with Crippen molar-refractivity contribution >= 4 is 23.2 Å². The lowest BCUT2D eigenvalue weighted by atomic mass is 10.2. The molecule has 2 rings (SSSR count). The maximum Gasteiger partial charge on any atom is 0.573 e. The van der Waals surface area contributed by atoms with E-state index in [2.05, 4.69) is 10.1 Å². The van der Waals surface area contributed by atoms with Gasteiger partial charge in [-0.3, -0.25) is 4.79 Å². The Morgan fingerprint density at radius 2 is 1.78 bits per heavy atom. The SMILES string of the molecule is COc1ccc(Cl)cc1NC(=O)c1ccc(OC(F)(F)F)cc1. The number of ether oxygens (including phenoxy) is 2. The van der Waals surface area contributed by atoms with Gasteiger partial charge in [0, 0.05) is 10.6 Å². The molecular weight excluding hydrogens is 335 g/mol. The van der Waals surface area contributed by atoms with E-state index in [4.69, 9.17) is 16.3 Å². The smallest absolute Gasteiger partial charge is 0.495 e. The highest BCUT2D eigenvalue weighted by Crippen LogP contribution is 2.28. The largest absolute Gasteiger partial charge is 0.573 e. The van der Waals surface area contributed by atoms with E-state index in [1.165, 1.54) is 25.3 Å². The van der Waals surface area contributed by atoms with Crippen molar-refractivity contribution in [2.24, 2.45) is 0 Å². The summed E-state index contributed by atoms with van der Waals surface area (Å²) in [6, 6.07) is 9.22. The van der Waals surface area contributed by atoms with Gasteiger partial charge in [0.2, 0.25) is 0 Å². The maximum absolute atomic E-state index is 12.1. The molecule has 23 heavy (non-hydrogen) atoms. The van der Waals surface area contributed by atoms with Gasteiger partial charge >= 0.3 is 6.36 Å². The van der Waals surface area contributed by atoms with Gasteiger partial charge in [-0.25, -0.2) is 0 Å². The highest BCUT2D eigenvalue weighted by molar-refractivity contribution is 6.31. The summed E-state index contributed by atoms with van der Waals surface area (Å²) in [6.45, 7) is 0. The van der Waals surface area contributed by atoms with Crippen LogP contribution in [0.1, 0.15) is 10.4 Å². The molecule has 0 atom stereocenters. The van der Waals surface area contributed by atoms with Crippen molar-refractivity contribution in [2.45, 2.75) is 6.36 Å². The molecule has 0 heterocycles. The third kappa shape index (κ3) is 4.79. The predicted octanol–water partition coefficient (Wildman–Crippen LogP) is 4.50. The van der Waals surface area contributed by atoms with Gasteiger partial charge in [0.15, 0.2) is 0 Å². The predicted molar refractivity (Wildman–Crippen MR) is 79.1 cm³/mol. The lowest BCUT2D eigenvalue weighted by Crippen LogP contribution is -2.17. The summed E-state index contributed by atoms with van der Waals surface area (Å²) in [5, 5.41) is 2.97. The zero-order valence-electron chi connectivity index (χ0n) is 11.8. The van der Waals surface area contributed by atoms with Crippen LogP contribution in [-0.2, 0) is 0 Å². The molecule has 0 saturated carbocycles. The topological polar surface area (TPSA) is 47.6 Å². The minimum absolute atomic E-state index is 0.154. The van der Waals surface area contributed by atoms with E-state index in [-0.39, 0.29) is 5.56 Å². The van der Waals surface area contributed by atoms with E-state index in [0.29, 0.717) is 16.5 Å². The number of benzene rings is 2. The summed E-state index contributed by atoms with van der Waals surface area (Å²) < 4.78 is 45.1. The Kier molecular flexibility index (Phi) is 5.00. The van der Waals surface area contributed by atoms with Crippen LogP contribution < -0.4 is 14.8 Å². The molecule has 0 aliphatic carbocycles. The highest BCUT2D eigenvalue weighted by atomic mass is 35.5. The summed E-state index contributed by atoms with van der Waals surface area (Å²) in [7, 11) is 1.43. The molecule has 0 aromatic heterocycles. The van der Waals surface area contributed by atoms with Crippen molar-refractivity contribution in [3.8, 4) is 11.5 Å². The van der Waals surface area contributed by atoms with Crippen molar-refractivity contribution in [3.05, 3.63) is 53.1 Å². The minimum Gasteiger partial charge on any atom is -0.495 e. The molecule has 122 valence electrons. The van der Waals surface area contributed by atoms with Crippen molar-refractivity contribution in [1.82, 2.24) is 0 Å². The number of carbonyl (C=O) groups excluding carboxylic acids is 1. The van der Waals surface area contributed by atoms with Gasteiger partial charge in [-0.15, -0.1) is 13.2 Å². The van der Waals surface area contributed by atoms with Crippen LogP contribution in [0.4, 0.5) is 18.9 Å². The van der Waals surface area contributed by atoms with Gasteiger partial charge < -0.3 is 14.8 Å². The summed E-state index contributed by atoms with van der Waals surface area (Å²) >= 11 is 5.86. The fraction of sp³-hybridized carbons (Fsp3) is 0.133. The van der Waals surface area contributed by atoms with Crippen LogP contribution in [0.2, 0.25) is 5.02 Å². The standard InChI is InChI=1S/C15H11ClF3NO3/c1-22-13-7-4-10(16)8-12(13)20-14(21)9-2-5-11(6-3-9)23-15(17,18)19/h2-8H,1H3,(H,20,21). The third-order valence-corrected chi connectivity index (χ3v) is 2.99. The monoisotopic (exact) mass is 345 g/mol. The normalized spacial score (nSPS) is 11.0. The molecule has 0 bridgehead atoms. The molecule has 0 unspecified atom stereocenters. The number of halogens is 4. The molecule has 2 aromatic rings. The summed E-state index contributed by atoms with van der Waals surface area (Å²) in [5.74, 6) is -0.529. The number of methoxy groups -OCH3 is 1. The first-order chi connectivity index (χ1) is 10.8. The average molecular weight is 346 g/mol. The van der Waals surface area contributed by atoms with Gasteiger partial charge in [-0.05, 0) is 42.5 Å². The number of hydrogen-bond acceptors (Lipinski definition) is 3. The van der Waals surface area contributed by atoms with Gasteiger partial charge in [0.1, 0.15) is 11.5 Å². The zero-order chi connectivity index (χ0) is 17.0. The fourth-order valence-electron chi connectivity index (χ4n) is 1.78. The second kappa shape index (κ2) is 6.78. The first-order valence-electron chi connectivity index (χ1n) is 6.29. The number of anilines is 1. The van der Waals surface area contributed by atoms with Crippen LogP contribution >= 0.6 is 11.6 Å². The Hall–Kier alpha value is -2.41. The van der Waals surface area contributed by atoms with E-state index in [1.54, 1.807) is 12.1 Å². The van der Waals surface area contributed by atoms with Gasteiger partial charge in [0.05, 0.1) is 12.8 Å². The van der Waals surface area contributed by atoms with E-state index in [9.17, 15) is 18.0 Å². The van der Waals surface area contributed by atoms with Crippen LogP contribution in [0.5, 0.6) is 11.5 Å². The zero-order valence-corrected chi connectivity index (χ0v) is 12.5. The Labute approximate surface area is 134 Å². The molecule has 0 radical (unpaired) electrons. The van der Waals surface area contributed by atoms with Crippen molar-refractivity contribution in [1.29, 1.82) is 0 Å². The molecule has 2 aromatic carbocycles. The lowest BCUT2D eigenvalue weighted by Gasteiger charge is -2.11. The average Bonchev–Trinajstić information content (AvgIpc) is 2.46. The molecule has 4 nitrogen and oxygen atoms in total. The van der Waals surface area contributed by atoms with E-state index < -0.39 is 18.0 Å². The Morgan fingerprint density at radius 3 is 2.35 bits per heavy atom. The number of nitrogens with one attached hydrogen (secondary N) is 1. The molecule has 0 spiro atoms. The van der Waals surface area contributed by atoms with Gasteiger partial charge in [-0.2, -0.15) is 0 Å². The third-order valence-electron chi connectivity index (χ3n) is 2.76. The van der Waals surface area contributed by atoms with E-state index in [1.807, 2.05) is 0 Å². The number of carbonyl (C=O) groups is 1. The van der Waals surface area contributed by atoms with Crippen LogP contribution in [0.3, 0.4) is 0 Å². The summed E-state index contributed by atoms with van der Waals surface area (Å²) in [6.07, 6.45) is -4.78. The second-order valence-electron chi connectivity index (χ2n) is 4.37.